The van der Waals surface area contributed by atoms with Crippen LogP contribution in [0.25, 0.3) is 99.2 Å². The summed E-state index contributed by atoms with van der Waals surface area (Å²) in [5.41, 5.74) is 16.0. The summed E-state index contributed by atoms with van der Waals surface area (Å²) >= 11 is 0. The number of anilines is 3. The van der Waals surface area contributed by atoms with E-state index < -0.39 is 0 Å². The van der Waals surface area contributed by atoms with Gasteiger partial charge in [-0.3, -0.25) is 0 Å². The third-order valence-electron chi connectivity index (χ3n) is 12.1. The Morgan fingerprint density at radius 2 is 0.787 bits per heavy atom. The van der Waals surface area contributed by atoms with Crippen LogP contribution in [0.15, 0.2) is 233 Å². The third kappa shape index (κ3) is 5.82. The van der Waals surface area contributed by atoms with Gasteiger partial charge in [-0.05, 0) is 98.8 Å². The van der Waals surface area contributed by atoms with E-state index >= 15 is 0 Å². The lowest BCUT2D eigenvalue weighted by atomic mass is 9.90. The molecule has 0 saturated carbocycles. The molecule has 12 aromatic rings. The van der Waals surface area contributed by atoms with Crippen LogP contribution in [-0.2, 0) is 0 Å². The second-order valence-corrected chi connectivity index (χ2v) is 15.6. The van der Waals surface area contributed by atoms with Gasteiger partial charge in [0, 0.05) is 38.4 Å². The van der Waals surface area contributed by atoms with Crippen LogP contribution in [0.2, 0.25) is 0 Å². The minimum atomic E-state index is 0.880. The number of benzene rings is 10. The number of hydrogen-bond donors (Lipinski definition) is 0. The average Bonchev–Trinajstić information content (AvgIpc) is 3.90. The number of para-hydroxylation sites is 4. The van der Waals surface area contributed by atoms with Gasteiger partial charge < -0.3 is 13.7 Å². The molecule has 12 rings (SSSR count). The molecule has 0 atom stereocenters. The number of rotatable bonds is 7. The van der Waals surface area contributed by atoms with E-state index in [1.165, 1.54) is 27.5 Å². The van der Waals surface area contributed by atoms with Crippen molar-refractivity contribution in [1.29, 1.82) is 0 Å². The normalized spacial score (nSPS) is 11.6. The lowest BCUT2D eigenvalue weighted by Gasteiger charge is -2.30. The largest absolute Gasteiger partial charge is 0.456 e. The first-order valence-electron chi connectivity index (χ1n) is 20.7. The van der Waals surface area contributed by atoms with Crippen molar-refractivity contribution in [3.05, 3.63) is 224 Å². The lowest BCUT2D eigenvalue weighted by Crippen LogP contribution is -2.12. The molecule has 3 heteroatoms. The topological polar surface area (TPSA) is 29.5 Å². The molecule has 61 heavy (non-hydrogen) atoms. The molecule has 2 aromatic heterocycles. The smallest absolute Gasteiger partial charge is 0.136 e. The molecule has 0 N–H and O–H groups in total. The Kier molecular flexibility index (Phi) is 8.17. The molecule has 0 aliphatic heterocycles. The van der Waals surface area contributed by atoms with Crippen LogP contribution >= 0.6 is 0 Å². The fourth-order valence-corrected chi connectivity index (χ4v) is 9.34. The van der Waals surface area contributed by atoms with Crippen molar-refractivity contribution in [3.63, 3.8) is 0 Å². The number of furan rings is 2. The molecule has 0 spiro atoms. The molecular weight excluding hydrogens is 743 g/mol. The minimum absolute atomic E-state index is 0.880. The Balaban J connectivity index is 1.08. The fourth-order valence-electron chi connectivity index (χ4n) is 9.34. The van der Waals surface area contributed by atoms with Crippen molar-refractivity contribution in [2.45, 2.75) is 0 Å². The second kappa shape index (κ2) is 14.3. The van der Waals surface area contributed by atoms with Crippen LogP contribution < -0.4 is 4.90 Å². The van der Waals surface area contributed by atoms with Crippen LogP contribution in [0.1, 0.15) is 0 Å². The van der Waals surface area contributed by atoms with Crippen LogP contribution in [-0.4, -0.2) is 0 Å². The Bertz CT molecular complexity index is 3590. The van der Waals surface area contributed by atoms with Crippen molar-refractivity contribution in [2.75, 3.05) is 4.90 Å². The first-order chi connectivity index (χ1) is 30.3. The molecule has 10 aromatic carbocycles. The highest BCUT2D eigenvalue weighted by atomic mass is 16.3. The van der Waals surface area contributed by atoms with Gasteiger partial charge in [0.1, 0.15) is 22.3 Å². The second-order valence-electron chi connectivity index (χ2n) is 15.6. The molecule has 0 radical (unpaired) electrons. The van der Waals surface area contributed by atoms with Crippen molar-refractivity contribution in [1.82, 2.24) is 0 Å². The highest BCUT2D eigenvalue weighted by Gasteiger charge is 2.23. The molecule has 0 aliphatic rings. The zero-order valence-corrected chi connectivity index (χ0v) is 33.1. The average molecular weight is 780 g/mol. The zero-order valence-electron chi connectivity index (χ0n) is 33.1. The quantitative estimate of drug-likeness (QED) is 0.161. The SMILES string of the molecule is c1ccc(-c2cccc3cccc(-c4ccccc4N(c4ccc(-c5cccc6oc7ccccc7c56)cc4)c4ccccc4-c4ccc5oc6ccccc6c5c4)c23)cc1. The predicted molar refractivity (Wildman–Crippen MR) is 255 cm³/mol. The molecule has 2 heterocycles. The van der Waals surface area contributed by atoms with E-state index in [2.05, 4.69) is 205 Å². The minimum Gasteiger partial charge on any atom is -0.456 e. The van der Waals surface area contributed by atoms with Gasteiger partial charge >= 0.3 is 0 Å². The standard InChI is InChI=1S/C58H37NO2/c1-2-15-38(16-3-1)44-23-12-17-40-18-13-25-48(57(40)44)46-20-5-9-27-52(46)59(42-34-31-39(32-35-42)45-24-14-30-56-58(45)49-22-7-11-29-54(49)61-56)51-26-8-4-19-43(51)41-33-36-55-50(37-41)47-21-6-10-28-53(47)60-55/h1-37H. The van der Waals surface area contributed by atoms with Gasteiger partial charge in [-0.1, -0.05) is 170 Å². The summed E-state index contributed by atoms with van der Waals surface area (Å²) in [7, 11) is 0. The molecule has 0 saturated heterocycles. The van der Waals surface area contributed by atoms with Crippen LogP contribution in [0.3, 0.4) is 0 Å². The van der Waals surface area contributed by atoms with Gasteiger partial charge in [-0.2, -0.15) is 0 Å². The molecule has 286 valence electrons. The Labute approximate surface area is 353 Å². The van der Waals surface area contributed by atoms with Crippen molar-refractivity contribution in [3.8, 4) is 44.5 Å². The Morgan fingerprint density at radius 3 is 1.57 bits per heavy atom. The molecule has 0 fully saturated rings. The van der Waals surface area contributed by atoms with E-state index in [-0.39, 0.29) is 0 Å². The summed E-state index contributed by atoms with van der Waals surface area (Å²) in [6.07, 6.45) is 0. The Morgan fingerprint density at radius 1 is 0.279 bits per heavy atom. The maximum Gasteiger partial charge on any atom is 0.136 e. The molecule has 0 aliphatic carbocycles. The summed E-state index contributed by atoms with van der Waals surface area (Å²) in [4.78, 5) is 2.43. The first kappa shape index (κ1) is 34.9. The van der Waals surface area contributed by atoms with Gasteiger partial charge in [0.25, 0.3) is 0 Å². The van der Waals surface area contributed by atoms with Gasteiger partial charge in [0.15, 0.2) is 0 Å². The summed E-state index contributed by atoms with van der Waals surface area (Å²) in [6.45, 7) is 0. The van der Waals surface area contributed by atoms with E-state index in [9.17, 15) is 0 Å². The van der Waals surface area contributed by atoms with Crippen LogP contribution in [0.4, 0.5) is 17.1 Å². The molecular formula is C58H37NO2. The van der Waals surface area contributed by atoms with E-state index in [0.717, 1.165) is 88.8 Å². The van der Waals surface area contributed by atoms with E-state index in [1.54, 1.807) is 0 Å². The summed E-state index contributed by atoms with van der Waals surface area (Å²) in [6, 6.07) is 80.1. The molecule has 0 unspecified atom stereocenters. The summed E-state index contributed by atoms with van der Waals surface area (Å²) < 4.78 is 12.6. The highest BCUT2D eigenvalue weighted by molar-refractivity contribution is 6.13. The monoisotopic (exact) mass is 779 g/mol. The third-order valence-corrected chi connectivity index (χ3v) is 12.1. The fraction of sp³-hybridized carbons (Fsp3) is 0. The Hall–Kier alpha value is -8.14. The zero-order chi connectivity index (χ0) is 40.3. The predicted octanol–water partition coefficient (Wildman–Crippen LogP) is 16.8. The summed E-state index contributed by atoms with van der Waals surface area (Å²) in [5, 5.41) is 6.89. The molecule has 0 bridgehead atoms. The van der Waals surface area contributed by atoms with Gasteiger partial charge in [0.2, 0.25) is 0 Å². The van der Waals surface area contributed by atoms with E-state index in [1.807, 2.05) is 24.3 Å². The van der Waals surface area contributed by atoms with Crippen LogP contribution in [0.5, 0.6) is 0 Å². The maximum atomic E-state index is 6.30. The first-order valence-corrected chi connectivity index (χ1v) is 20.7. The lowest BCUT2D eigenvalue weighted by molar-refractivity contribution is 0.668. The van der Waals surface area contributed by atoms with Crippen molar-refractivity contribution < 1.29 is 8.83 Å². The van der Waals surface area contributed by atoms with Crippen LogP contribution in [0, 0.1) is 0 Å². The van der Waals surface area contributed by atoms with E-state index in [4.69, 9.17) is 8.83 Å². The highest BCUT2D eigenvalue weighted by Crippen LogP contribution is 2.48. The van der Waals surface area contributed by atoms with Crippen molar-refractivity contribution >= 4 is 71.7 Å². The summed E-state index contributed by atoms with van der Waals surface area (Å²) in [5.74, 6) is 0. The van der Waals surface area contributed by atoms with Crippen molar-refractivity contribution in [2.24, 2.45) is 0 Å². The van der Waals surface area contributed by atoms with Gasteiger partial charge in [-0.15, -0.1) is 0 Å². The molecule has 0 amide bonds. The van der Waals surface area contributed by atoms with Gasteiger partial charge in [-0.25, -0.2) is 0 Å². The number of hydrogen-bond acceptors (Lipinski definition) is 3. The molecule has 3 nitrogen and oxygen atoms in total. The van der Waals surface area contributed by atoms with E-state index in [0.29, 0.717) is 0 Å². The number of fused-ring (bicyclic) bond motifs is 7. The van der Waals surface area contributed by atoms with Gasteiger partial charge in [0.05, 0.1) is 11.4 Å². The number of nitrogens with zero attached hydrogens (tertiary/aromatic N) is 1. The maximum absolute atomic E-state index is 6.30.